The molecule has 9 nitrogen and oxygen atoms in total. The molecule has 2 aliphatic rings. The van der Waals surface area contributed by atoms with Gasteiger partial charge in [0.2, 0.25) is 12.2 Å². The number of benzene rings is 1. The third kappa shape index (κ3) is 5.56. The van der Waals surface area contributed by atoms with Crippen LogP contribution in [0.2, 0.25) is 0 Å². The Balaban J connectivity index is 1.64. The molecular formula is C22H27N3O6. The molecule has 2 amide bonds. The fraction of sp³-hybridized carbons (Fsp3) is 0.455. The molecule has 5 N–H and O–H groups in total. The monoisotopic (exact) mass is 429 g/mol. The second kappa shape index (κ2) is 9.84. The lowest BCUT2D eigenvalue weighted by molar-refractivity contribution is -0.155. The van der Waals surface area contributed by atoms with Crippen LogP contribution in [0.3, 0.4) is 0 Å². The summed E-state index contributed by atoms with van der Waals surface area (Å²) in [5.74, 6) is -2.97. The van der Waals surface area contributed by atoms with Gasteiger partial charge in [0.05, 0.1) is 12.5 Å². The van der Waals surface area contributed by atoms with E-state index >= 15 is 0 Å². The SMILES string of the molecule is CC(C(=O)NC1CC(=O)OC1O)C1CC(CNC(=O)c2ccccc2)=CCC(N)C1=O. The normalized spacial score (nSPS) is 27.0. The number of amides is 2. The summed E-state index contributed by atoms with van der Waals surface area (Å²) >= 11 is 0. The number of ether oxygens (including phenoxy) is 1. The summed E-state index contributed by atoms with van der Waals surface area (Å²) in [5.41, 5.74) is 7.34. The Kier molecular flexibility index (Phi) is 7.19. The van der Waals surface area contributed by atoms with Crippen molar-refractivity contribution < 1.29 is 29.0 Å². The first kappa shape index (κ1) is 22.6. The Morgan fingerprint density at radius 2 is 1.94 bits per heavy atom. The number of cyclic esters (lactones) is 1. The maximum absolute atomic E-state index is 12.8. The number of nitrogens with two attached hydrogens (primary N) is 1. The maximum atomic E-state index is 12.8. The number of hydrogen-bond donors (Lipinski definition) is 4. The van der Waals surface area contributed by atoms with Crippen molar-refractivity contribution in [3.05, 3.63) is 47.5 Å². The van der Waals surface area contributed by atoms with Gasteiger partial charge in [-0.25, -0.2) is 0 Å². The van der Waals surface area contributed by atoms with E-state index < -0.39 is 42.1 Å². The standard InChI is InChI=1S/C22H27N3O6/c1-12(20(28)25-17-10-18(26)31-22(17)30)15-9-13(7-8-16(23)19(15)27)11-24-21(29)14-5-3-2-4-6-14/h2-7,12,15-17,22,30H,8-11,23H2,1H3,(H,24,29)(H,25,28). The van der Waals surface area contributed by atoms with Crippen LogP contribution in [0.4, 0.5) is 0 Å². The summed E-state index contributed by atoms with van der Waals surface area (Å²) < 4.78 is 4.63. The number of aliphatic hydroxyl groups is 1. The molecule has 1 aromatic carbocycles. The highest BCUT2D eigenvalue weighted by Crippen LogP contribution is 2.27. The molecule has 0 bridgehead atoms. The quantitative estimate of drug-likeness (QED) is 0.368. The van der Waals surface area contributed by atoms with Crippen molar-refractivity contribution in [1.82, 2.24) is 10.6 Å². The first-order valence-corrected chi connectivity index (χ1v) is 10.2. The predicted molar refractivity (Wildman–Crippen MR) is 110 cm³/mol. The summed E-state index contributed by atoms with van der Waals surface area (Å²) in [7, 11) is 0. The van der Waals surface area contributed by atoms with Crippen molar-refractivity contribution in [2.45, 2.75) is 44.6 Å². The van der Waals surface area contributed by atoms with E-state index in [1.54, 1.807) is 31.2 Å². The molecule has 3 rings (SSSR count). The van der Waals surface area contributed by atoms with Crippen LogP contribution in [0.15, 0.2) is 42.0 Å². The molecule has 1 heterocycles. The lowest BCUT2D eigenvalue weighted by Gasteiger charge is -2.25. The van der Waals surface area contributed by atoms with Gasteiger partial charge in [0.15, 0.2) is 5.78 Å². The number of esters is 1. The number of rotatable bonds is 6. The fourth-order valence-electron chi connectivity index (χ4n) is 3.77. The van der Waals surface area contributed by atoms with Crippen molar-refractivity contribution in [2.75, 3.05) is 6.54 Å². The average Bonchev–Trinajstić information content (AvgIpc) is 3.00. The zero-order valence-electron chi connectivity index (χ0n) is 17.2. The molecule has 0 saturated carbocycles. The van der Waals surface area contributed by atoms with E-state index in [2.05, 4.69) is 15.4 Å². The van der Waals surface area contributed by atoms with Crippen LogP contribution < -0.4 is 16.4 Å². The van der Waals surface area contributed by atoms with Crippen LogP contribution in [0, 0.1) is 11.8 Å². The molecule has 1 fully saturated rings. The predicted octanol–water partition coefficient (Wildman–Crippen LogP) is 0.0354. The fourth-order valence-corrected chi connectivity index (χ4v) is 3.77. The van der Waals surface area contributed by atoms with Gasteiger partial charge in [-0.1, -0.05) is 36.8 Å². The van der Waals surface area contributed by atoms with Gasteiger partial charge < -0.3 is 26.2 Å². The minimum Gasteiger partial charge on any atom is -0.434 e. The smallest absolute Gasteiger partial charge is 0.310 e. The lowest BCUT2D eigenvalue weighted by atomic mass is 9.83. The van der Waals surface area contributed by atoms with Crippen LogP contribution in [0.1, 0.15) is 36.5 Å². The van der Waals surface area contributed by atoms with E-state index in [4.69, 9.17) is 5.73 Å². The number of aliphatic hydroxyl groups excluding tert-OH is 1. The molecule has 31 heavy (non-hydrogen) atoms. The Morgan fingerprint density at radius 1 is 1.23 bits per heavy atom. The van der Waals surface area contributed by atoms with Crippen molar-refractivity contribution in [3.63, 3.8) is 0 Å². The third-order valence-corrected chi connectivity index (χ3v) is 5.71. The summed E-state index contributed by atoms with van der Waals surface area (Å²) in [6, 6.07) is 7.18. The van der Waals surface area contributed by atoms with Gasteiger partial charge in [0.1, 0.15) is 6.04 Å². The van der Waals surface area contributed by atoms with Gasteiger partial charge in [0.25, 0.3) is 5.91 Å². The molecular weight excluding hydrogens is 402 g/mol. The third-order valence-electron chi connectivity index (χ3n) is 5.71. The van der Waals surface area contributed by atoms with Crippen LogP contribution in [0.25, 0.3) is 0 Å². The Bertz CT molecular complexity index is 884. The molecule has 0 aromatic heterocycles. The van der Waals surface area contributed by atoms with E-state index in [9.17, 15) is 24.3 Å². The number of carbonyl (C=O) groups excluding carboxylic acids is 4. The highest BCUT2D eigenvalue weighted by molar-refractivity contribution is 5.94. The second-order valence-electron chi connectivity index (χ2n) is 7.95. The van der Waals surface area contributed by atoms with Crippen LogP contribution in [0.5, 0.6) is 0 Å². The maximum Gasteiger partial charge on any atom is 0.310 e. The average molecular weight is 429 g/mol. The summed E-state index contributed by atoms with van der Waals surface area (Å²) in [4.78, 5) is 49.1. The van der Waals surface area contributed by atoms with Gasteiger partial charge in [0, 0.05) is 23.9 Å². The lowest BCUT2D eigenvalue weighted by Crippen LogP contribution is -2.47. The number of Topliss-reactive ketones (excluding diaryl/α,β-unsaturated/α-hetero) is 1. The summed E-state index contributed by atoms with van der Waals surface area (Å²) in [5, 5.41) is 15.1. The van der Waals surface area contributed by atoms with Crippen LogP contribution >= 0.6 is 0 Å². The van der Waals surface area contributed by atoms with E-state index in [1.807, 2.05) is 12.1 Å². The molecule has 1 aliphatic carbocycles. The molecule has 1 saturated heterocycles. The van der Waals surface area contributed by atoms with Crippen LogP contribution in [-0.2, 0) is 19.1 Å². The Morgan fingerprint density at radius 3 is 2.58 bits per heavy atom. The second-order valence-corrected chi connectivity index (χ2v) is 7.95. The van der Waals surface area contributed by atoms with E-state index in [-0.39, 0.29) is 31.1 Å². The minimum absolute atomic E-state index is 0.131. The van der Waals surface area contributed by atoms with Gasteiger partial charge in [-0.15, -0.1) is 0 Å². The first-order chi connectivity index (χ1) is 14.8. The van der Waals surface area contributed by atoms with Crippen molar-refractivity contribution >= 4 is 23.6 Å². The molecule has 5 unspecified atom stereocenters. The van der Waals surface area contributed by atoms with Gasteiger partial charge in [-0.2, -0.15) is 0 Å². The van der Waals surface area contributed by atoms with Gasteiger partial charge >= 0.3 is 5.97 Å². The number of hydrogen-bond acceptors (Lipinski definition) is 7. The summed E-state index contributed by atoms with van der Waals surface area (Å²) in [6.07, 6.45) is 0.905. The highest BCUT2D eigenvalue weighted by Gasteiger charge is 2.39. The molecule has 9 heteroatoms. The zero-order chi connectivity index (χ0) is 22.5. The molecule has 1 aromatic rings. The highest BCUT2D eigenvalue weighted by atomic mass is 16.6. The topological polar surface area (TPSA) is 148 Å². The molecule has 0 radical (unpaired) electrons. The molecule has 166 valence electrons. The zero-order valence-corrected chi connectivity index (χ0v) is 17.2. The Labute approximate surface area is 180 Å². The van der Waals surface area contributed by atoms with Crippen LogP contribution in [-0.4, -0.2) is 53.6 Å². The Hall–Kier alpha value is -3.04. The largest absolute Gasteiger partial charge is 0.434 e. The number of ketones is 1. The van der Waals surface area contributed by atoms with E-state index in [0.717, 1.165) is 5.57 Å². The molecule has 5 atom stereocenters. The van der Waals surface area contributed by atoms with E-state index in [1.165, 1.54) is 0 Å². The van der Waals surface area contributed by atoms with Crippen molar-refractivity contribution in [2.24, 2.45) is 17.6 Å². The number of nitrogens with one attached hydrogen (secondary N) is 2. The van der Waals surface area contributed by atoms with Crippen molar-refractivity contribution in [1.29, 1.82) is 0 Å². The first-order valence-electron chi connectivity index (χ1n) is 10.2. The molecule has 0 spiro atoms. The minimum atomic E-state index is -1.40. The summed E-state index contributed by atoms with van der Waals surface area (Å²) in [6.45, 7) is 1.85. The van der Waals surface area contributed by atoms with Gasteiger partial charge in [-0.05, 0) is 25.0 Å². The van der Waals surface area contributed by atoms with Gasteiger partial charge in [-0.3, -0.25) is 19.2 Å². The molecule has 1 aliphatic heterocycles. The van der Waals surface area contributed by atoms with E-state index in [0.29, 0.717) is 12.0 Å². The number of carbonyl (C=O) groups is 4. The van der Waals surface area contributed by atoms with Crippen molar-refractivity contribution in [3.8, 4) is 0 Å².